The van der Waals surface area contributed by atoms with Gasteiger partial charge in [-0.15, -0.1) is 0 Å². The molecule has 1 heterocycles. The van der Waals surface area contributed by atoms with Crippen LogP contribution in [0.25, 0.3) is 0 Å². The van der Waals surface area contributed by atoms with E-state index < -0.39 is 6.10 Å². The Bertz CT molecular complexity index is 831. The summed E-state index contributed by atoms with van der Waals surface area (Å²) < 4.78 is 25.2. The summed E-state index contributed by atoms with van der Waals surface area (Å²) in [5, 5.41) is 3.54. The fraction of sp³-hybridized carbons (Fsp3) is 0.381. The van der Waals surface area contributed by atoms with Gasteiger partial charge in [-0.2, -0.15) is 0 Å². The highest BCUT2D eigenvalue weighted by Crippen LogP contribution is 2.29. The molecular formula is C21H23BrClFN2O3. The van der Waals surface area contributed by atoms with Crippen molar-refractivity contribution in [2.24, 2.45) is 0 Å². The highest BCUT2D eigenvalue weighted by atomic mass is 79.9. The largest absolute Gasteiger partial charge is 0.480 e. The fourth-order valence-corrected chi connectivity index (χ4v) is 3.96. The first-order valence-electron chi connectivity index (χ1n) is 9.40. The van der Waals surface area contributed by atoms with Gasteiger partial charge in [-0.1, -0.05) is 23.7 Å². The van der Waals surface area contributed by atoms with E-state index in [1.54, 1.807) is 37.3 Å². The monoisotopic (exact) mass is 484 g/mol. The Kier molecular flexibility index (Phi) is 7.89. The summed E-state index contributed by atoms with van der Waals surface area (Å²) in [7, 11) is 0. The maximum absolute atomic E-state index is 13.3. The van der Waals surface area contributed by atoms with Crippen molar-refractivity contribution in [1.29, 1.82) is 0 Å². The van der Waals surface area contributed by atoms with Gasteiger partial charge in [0.15, 0.2) is 6.10 Å². The number of rotatable bonds is 7. The predicted molar refractivity (Wildman–Crippen MR) is 114 cm³/mol. The summed E-state index contributed by atoms with van der Waals surface area (Å²) in [6.45, 7) is 4.85. The van der Waals surface area contributed by atoms with E-state index in [0.29, 0.717) is 35.0 Å². The third-order valence-corrected chi connectivity index (χ3v) is 5.63. The summed E-state index contributed by atoms with van der Waals surface area (Å²) in [5.41, 5.74) is 0.947. The molecule has 29 heavy (non-hydrogen) atoms. The van der Waals surface area contributed by atoms with Gasteiger partial charge in [-0.05, 0) is 58.7 Å². The zero-order chi connectivity index (χ0) is 20.8. The quantitative estimate of drug-likeness (QED) is 0.639. The third kappa shape index (κ3) is 6.15. The van der Waals surface area contributed by atoms with E-state index in [1.165, 1.54) is 12.1 Å². The molecule has 0 aliphatic carbocycles. The lowest BCUT2D eigenvalue weighted by Gasteiger charge is -2.35. The molecule has 0 spiro atoms. The SMILES string of the molecule is CC(Oc1ccc(Cl)cc1Br)C(=O)NCC(c1ccc(F)cc1)N1CCOCC1. The molecule has 8 heteroatoms. The molecule has 1 amide bonds. The van der Waals surface area contributed by atoms with Gasteiger partial charge in [-0.3, -0.25) is 9.69 Å². The molecule has 2 aromatic carbocycles. The van der Waals surface area contributed by atoms with Crippen molar-refractivity contribution in [2.75, 3.05) is 32.8 Å². The van der Waals surface area contributed by atoms with Crippen LogP contribution in [0.2, 0.25) is 5.02 Å². The Morgan fingerprint density at radius 2 is 1.97 bits per heavy atom. The third-order valence-electron chi connectivity index (χ3n) is 4.78. The average molecular weight is 486 g/mol. The zero-order valence-corrected chi connectivity index (χ0v) is 18.4. The van der Waals surface area contributed by atoms with E-state index in [4.69, 9.17) is 21.1 Å². The van der Waals surface area contributed by atoms with Gasteiger partial charge in [-0.25, -0.2) is 4.39 Å². The van der Waals surface area contributed by atoms with Crippen LogP contribution in [0, 0.1) is 5.82 Å². The second-order valence-electron chi connectivity index (χ2n) is 6.80. The second-order valence-corrected chi connectivity index (χ2v) is 8.09. The number of carbonyl (C=O) groups is 1. The van der Waals surface area contributed by atoms with E-state index in [1.807, 2.05) is 0 Å². The lowest BCUT2D eigenvalue weighted by atomic mass is 10.0. The van der Waals surface area contributed by atoms with E-state index in [-0.39, 0.29) is 17.8 Å². The van der Waals surface area contributed by atoms with Gasteiger partial charge >= 0.3 is 0 Å². The van der Waals surface area contributed by atoms with Crippen LogP contribution in [0.3, 0.4) is 0 Å². The van der Waals surface area contributed by atoms with Crippen LogP contribution in [-0.2, 0) is 9.53 Å². The number of morpholine rings is 1. The smallest absolute Gasteiger partial charge is 0.260 e. The molecular weight excluding hydrogens is 463 g/mol. The van der Waals surface area contributed by atoms with Crippen molar-refractivity contribution in [2.45, 2.75) is 19.1 Å². The number of hydrogen-bond donors (Lipinski definition) is 1. The molecule has 2 atom stereocenters. The molecule has 0 radical (unpaired) electrons. The number of benzene rings is 2. The van der Waals surface area contributed by atoms with Gasteiger partial charge in [0.25, 0.3) is 5.91 Å². The minimum atomic E-state index is -0.689. The molecule has 3 rings (SSSR count). The first-order chi connectivity index (χ1) is 13.9. The number of nitrogens with one attached hydrogen (secondary N) is 1. The van der Waals surface area contributed by atoms with Gasteiger partial charge in [0.2, 0.25) is 0 Å². The molecule has 0 aromatic heterocycles. The Morgan fingerprint density at radius 3 is 2.62 bits per heavy atom. The van der Waals surface area contributed by atoms with Crippen LogP contribution < -0.4 is 10.1 Å². The number of ether oxygens (including phenoxy) is 2. The zero-order valence-electron chi connectivity index (χ0n) is 16.0. The Labute approximate surface area is 183 Å². The molecule has 0 bridgehead atoms. The number of carbonyl (C=O) groups excluding carboxylic acids is 1. The molecule has 1 saturated heterocycles. The van der Waals surface area contributed by atoms with Crippen molar-refractivity contribution in [3.63, 3.8) is 0 Å². The van der Waals surface area contributed by atoms with Crippen LogP contribution in [0.4, 0.5) is 4.39 Å². The van der Waals surface area contributed by atoms with Crippen molar-refractivity contribution in [1.82, 2.24) is 10.2 Å². The number of nitrogens with zero attached hydrogens (tertiary/aromatic N) is 1. The normalized spacial score (nSPS) is 16.8. The fourth-order valence-electron chi connectivity index (χ4n) is 3.19. The predicted octanol–water partition coefficient (Wildman–Crippen LogP) is 4.20. The Morgan fingerprint density at radius 1 is 1.28 bits per heavy atom. The molecule has 2 unspecified atom stereocenters. The summed E-state index contributed by atoms with van der Waals surface area (Å²) >= 11 is 9.33. The van der Waals surface area contributed by atoms with E-state index in [9.17, 15) is 9.18 Å². The van der Waals surface area contributed by atoms with Gasteiger partial charge in [0, 0.05) is 24.7 Å². The van der Waals surface area contributed by atoms with Crippen LogP contribution in [0.15, 0.2) is 46.9 Å². The van der Waals surface area contributed by atoms with Gasteiger partial charge in [0.05, 0.1) is 23.7 Å². The van der Waals surface area contributed by atoms with Gasteiger partial charge < -0.3 is 14.8 Å². The van der Waals surface area contributed by atoms with E-state index in [2.05, 4.69) is 26.1 Å². The molecule has 1 aliphatic rings. The summed E-state index contributed by atoms with van der Waals surface area (Å²) in [6.07, 6.45) is -0.689. The summed E-state index contributed by atoms with van der Waals surface area (Å²) in [6, 6.07) is 11.4. The number of halogens is 3. The standard InChI is InChI=1S/C21H23BrClFN2O3/c1-14(29-20-7-4-16(23)12-18(20)22)21(27)25-13-19(26-8-10-28-11-9-26)15-2-5-17(24)6-3-15/h2-7,12,14,19H,8-11,13H2,1H3,(H,25,27). The van der Waals surface area contributed by atoms with E-state index in [0.717, 1.165) is 18.7 Å². The molecule has 2 aromatic rings. The number of amides is 1. The molecule has 1 fully saturated rings. The van der Waals surface area contributed by atoms with Crippen molar-refractivity contribution >= 4 is 33.4 Å². The minimum absolute atomic E-state index is 0.0714. The molecule has 1 N–H and O–H groups in total. The van der Waals surface area contributed by atoms with Crippen LogP contribution >= 0.6 is 27.5 Å². The first-order valence-corrected chi connectivity index (χ1v) is 10.6. The lowest BCUT2D eigenvalue weighted by molar-refractivity contribution is -0.127. The highest BCUT2D eigenvalue weighted by molar-refractivity contribution is 9.10. The average Bonchev–Trinajstić information content (AvgIpc) is 2.72. The molecule has 1 aliphatic heterocycles. The van der Waals surface area contributed by atoms with Crippen LogP contribution in [0.5, 0.6) is 5.75 Å². The lowest BCUT2D eigenvalue weighted by Crippen LogP contribution is -2.45. The number of hydrogen-bond acceptors (Lipinski definition) is 4. The molecule has 5 nitrogen and oxygen atoms in total. The van der Waals surface area contributed by atoms with Crippen LogP contribution in [0.1, 0.15) is 18.5 Å². The topological polar surface area (TPSA) is 50.8 Å². The van der Waals surface area contributed by atoms with Gasteiger partial charge in [0.1, 0.15) is 11.6 Å². The minimum Gasteiger partial charge on any atom is -0.480 e. The maximum Gasteiger partial charge on any atom is 0.260 e. The first kappa shape index (κ1) is 22.0. The van der Waals surface area contributed by atoms with Crippen molar-refractivity contribution in [3.8, 4) is 5.75 Å². The highest BCUT2D eigenvalue weighted by Gasteiger charge is 2.25. The van der Waals surface area contributed by atoms with Crippen molar-refractivity contribution < 1.29 is 18.7 Å². The summed E-state index contributed by atoms with van der Waals surface area (Å²) in [4.78, 5) is 14.9. The summed E-state index contributed by atoms with van der Waals surface area (Å²) in [5.74, 6) is 0.0293. The Hall–Kier alpha value is -1.67. The van der Waals surface area contributed by atoms with Crippen LogP contribution in [-0.4, -0.2) is 49.8 Å². The Balaban J connectivity index is 1.64. The molecule has 0 saturated carbocycles. The maximum atomic E-state index is 13.3. The second kappa shape index (κ2) is 10.4. The van der Waals surface area contributed by atoms with Crippen molar-refractivity contribution in [3.05, 3.63) is 63.3 Å². The van der Waals surface area contributed by atoms with E-state index >= 15 is 0 Å². The molecule has 156 valence electrons.